The fourth-order valence-corrected chi connectivity index (χ4v) is 3.07. The molecule has 0 saturated carbocycles. The summed E-state index contributed by atoms with van der Waals surface area (Å²) in [6.45, 7) is 4.92. The van der Waals surface area contributed by atoms with Gasteiger partial charge in [0.05, 0.1) is 0 Å². The van der Waals surface area contributed by atoms with Crippen LogP contribution in [0.2, 0.25) is 0 Å². The van der Waals surface area contributed by atoms with E-state index in [0.29, 0.717) is 13.1 Å². The van der Waals surface area contributed by atoms with Gasteiger partial charge in [0, 0.05) is 6.42 Å². The molecule has 0 saturated heterocycles. The van der Waals surface area contributed by atoms with Crippen LogP contribution in [0, 0.1) is 0 Å². The van der Waals surface area contributed by atoms with Gasteiger partial charge in [-0.3, -0.25) is 0 Å². The highest BCUT2D eigenvalue weighted by molar-refractivity contribution is 5.85. The van der Waals surface area contributed by atoms with Crippen LogP contribution < -0.4 is 18.6 Å². The van der Waals surface area contributed by atoms with Gasteiger partial charge in [-0.2, -0.15) is 10.4 Å². The Balaban J connectivity index is -0.000000807. The van der Waals surface area contributed by atoms with Crippen molar-refractivity contribution >= 4 is 12.4 Å². The lowest BCUT2D eigenvalue weighted by Gasteiger charge is -2.18. The molecule has 4 nitrogen and oxygen atoms in total. The Morgan fingerprint density at radius 2 is 0.808 bits per heavy atom. The number of halogens is 2. The Kier molecular flexibility index (Phi) is 33.2. The van der Waals surface area contributed by atoms with Gasteiger partial charge in [-0.1, -0.05) is 96.8 Å². The second kappa shape index (κ2) is 25.4. The maximum absolute atomic E-state index is 9.43. The number of quaternary nitrogens is 1. The summed E-state index contributed by atoms with van der Waals surface area (Å²) in [5.74, 6) is 0. The van der Waals surface area contributed by atoms with Crippen LogP contribution in [0.25, 0.3) is 0 Å². The van der Waals surface area contributed by atoms with Gasteiger partial charge in [-0.15, -0.1) is 12.4 Å². The first kappa shape index (κ1) is 34.0. The molecule has 0 aliphatic heterocycles. The molecular weight excluding hydrogens is 371 g/mol. The van der Waals surface area contributed by atoms with Gasteiger partial charge in [-0.05, 0) is 18.2 Å². The summed E-state index contributed by atoms with van der Waals surface area (Å²) in [5.41, 5.74) is 0. The lowest BCUT2D eigenvalue weighted by atomic mass is 10.0. The van der Waals surface area contributed by atoms with E-state index >= 15 is 0 Å². The van der Waals surface area contributed by atoms with Crippen molar-refractivity contribution in [1.29, 1.82) is 0 Å². The highest BCUT2D eigenvalue weighted by atomic mass is 35.5. The molecule has 0 heterocycles. The minimum Gasteiger partial charge on any atom is -1.00 e. The Morgan fingerprint density at radius 1 is 0.538 bits per heavy atom. The lowest BCUT2D eigenvalue weighted by molar-refractivity contribution is -1.24. The summed E-state index contributed by atoms with van der Waals surface area (Å²) < 4.78 is 0. The van der Waals surface area contributed by atoms with E-state index in [1.54, 1.807) is 6.92 Å². The molecule has 0 aromatic rings. The number of hydroxylamine groups is 4. The van der Waals surface area contributed by atoms with E-state index in [-0.39, 0.29) is 31.0 Å². The van der Waals surface area contributed by atoms with Crippen molar-refractivity contribution in [3.05, 3.63) is 0 Å². The van der Waals surface area contributed by atoms with Crippen molar-refractivity contribution in [2.75, 3.05) is 13.1 Å². The van der Waals surface area contributed by atoms with Crippen molar-refractivity contribution < 1.29 is 27.6 Å². The fourth-order valence-electron chi connectivity index (χ4n) is 3.07. The second-order valence-corrected chi connectivity index (χ2v) is 7.22. The van der Waals surface area contributed by atoms with E-state index in [0.717, 1.165) is 12.8 Å². The highest BCUT2D eigenvalue weighted by Gasteiger charge is 2.17. The van der Waals surface area contributed by atoms with E-state index in [4.69, 9.17) is 0 Å². The minimum atomic E-state index is -0.807. The molecule has 0 aromatic heterocycles. The van der Waals surface area contributed by atoms with Crippen molar-refractivity contribution in [2.45, 2.75) is 117 Å². The number of hydrogen-bond acceptors (Lipinski definition) is 3. The number of unbranched alkanes of at least 4 members (excludes halogenated alkanes) is 15. The first-order valence-corrected chi connectivity index (χ1v) is 10.4. The molecule has 0 fully saturated rings. The first-order chi connectivity index (χ1) is 11.1. The zero-order valence-corrected chi connectivity index (χ0v) is 19.1. The van der Waals surface area contributed by atoms with Gasteiger partial charge in [0.2, 0.25) is 0 Å². The van der Waals surface area contributed by atoms with Crippen molar-refractivity contribution in [1.82, 2.24) is 6.15 Å². The smallest absolute Gasteiger partial charge is 0.142 e. The predicted molar refractivity (Wildman–Crippen MR) is 111 cm³/mol. The van der Waals surface area contributed by atoms with Crippen molar-refractivity contribution in [3.63, 3.8) is 0 Å². The van der Waals surface area contributed by atoms with E-state index in [2.05, 4.69) is 6.92 Å². The van der Waals surface area contributed by atoms with E-state index in [1.165, 1.54) is 89.9 Å². The molecule has 0 rings (SSSR count). The average Bonchev–Trinajstić information content (AvgIpc) is 2.54. The van der Waals surface area contributed by atoms with Gasteiger partial charge < -0.3 is 18.6 Å². The van der Waals surface area contributed by atoms with Crippen LogP contribution in [-0.4, -0.2) is 28.3 Å². The Labute approximate surface area is 176 Å². The van der Waals surface area contributed by atoms with Crippen LogP contribution in [0.1, 0.15) is 117 Å². The molecule has 0 aliphatic carbocycles. The quantitative estimate of drug-likeness (QED) is 0.175. The third kappa shape index (κ3) is 26.6. The summed E-state index contributed by atoms with van der Waals surface area (Å²) in [4.78, 5) is -0.807. The van der Waals surface area contributed by atoms with Gasteiger partial charge >= 0.3 is 0 Å². The maximum Gasteiger partial charge on any atom is 0.142 e. The SMILES string of the molecule is CCCCCCCCCCCCCCCCCC[N+](O)(O)CC.Cl.N.[Cl-]. The third-order valence-electron chi connectivity index (χ3n) is 4.88. The third-order valence-corrected chi connectivity index (χ3v) is 4.88. The molecule has 0 bridgehead atoms. The Morgan fingerprint density at radius 3 is 1.08 bits per heavy atom. The molecule has 0 atom stereocenters. The summed E-state index contributed by atoms with van der Waals surface area (Å²) in [6, 6.07) is 0. The maximum atomic E-state index is 9.43. The zero-order chi connectivity index (χ0) is 17.2. The van der Waals surface area contributed by atoms with Crippen molar-refractivity contribution in [2.24, 2.45) is 0 Å². The monoisotopic (exact) mass is 418 g/mol. The predicted octanol–water partition coefficient (Wildman–Crippen LogP) is 4.45. The summed E-state index contributed by atoms with van der Waals surface area (Å²) in [7, 11) is 0. The molecule has 0 aromatic carbocycles. The van der Waals surface area contributed by atoms with Crippen LogP contribution in [0.4, 0.5) is 0 Å². The topological polar surface area (TPSA) is 75.5 Å². The molecular formula is C20H48Cl2N2O2. The molecule has 0 spiro atoms. The van der Waals surface area contributed by atoms with Gasteiger partial charge in [0.1, 0.15) is 13.1 Å². The highest BCUT2D eigenvalue weighted by Crippen LogP contribution is 2.14. The van der Waals surface area contributed by atoms with Crippen LogP contribution in [0.3, 0.4) is 0 Å². The van der Waals surface area contributed by atoms with Gasteiger partial charge in [0.15, 0.2) is 0 Å². The fraction of sp³-hybridized carbons (Fsp3) is 1.00. The minimum absolute atomic E-state index is 0. The molecule has 0 aliphatic rings. The van der Waals surface area contributed by atoms with Crippen LogP contribution in [-0.2, 0) is 0 Å². The summed E-state index contributed by atoms with van der Waals surface area (Å²) in [6.07, 6.45) is 21.5. The second-order valence-electron chi connectivity index (χ2n) is 7.22. The van der Waals surface area contributed by atoms with Crippen LogP contribution in [0.15, 0.2) is 0 Å². The Hall–Kier alpha value is 0.420. The average molecular weight is 420 g/mol. The van der Waals surface area contributed by atoms with Gasteiger partial charge in [-0.25, -0.2) is 0 Å². The Bertz CT molecular complexity index is 246. The number of nitrogens with zero attached hydrogens (tertiary/aromatic N) is 1. The van der Waals surface area contributed by atoms with Crippen molar-refractivity contribution in [3.8, 4) is 0 Å². The molecule has 26 heavy (non-hydrogen) atoms. The van der Waals surface area contributed by atoms with E-state index in [1.807, 2.05) is 0 Å². The molecule has 164 valence electrons. The molecule has 0 amide bonds. The summed E-state index contributed by atoms with van der Waals surface area (Å²) >= 11 is 0. The number of hydrogen-bond donors (Lipinski definition) is 3. The normalized spacial score (nSPS) is 10.6. The molecule has 0 unspecified atom stereocenters. The largest absolute Gasteiger partial charge is 1.00 e. The number of rotatable bonds is 18. The lowest BCUT2D eigenvalue weighted by Crippen LogP contribution is -3.00. The summed E-state index contributed by atoms with van der Waals surface area (Å²) in [5, 5.41) is 18.9. The molecule has 5 N–H and O–H groups in total. The van der Waals surface area contributed by atoms with Gasteiger partial charge in [0.25, 0.3) is 0 Å². The van der Waals surface area contributed by atoms with Crippen LogP contribution >= 0.6 is 12.4 Å². The van der Waals surface area contributed by atoms with E-state index < -0.39 is 4.81 Å². The standard InChI is InChI=1S/C20H44NO2.2ClH.H3N/c1-3-5-6-7-8-9-10-11-12-13-14-15-16-17-18-19-20-21(22,23)4-2;;;/h22-23H,3-20H2,1-2H3;2*1H;1H3/q+1;;;/p-1. The molecule has 6 heteroatoms. The molecule has 0 radical (unpaired) electrons. The first-order valence-electron chi connectivity index (χ1n) is 10.4. The zero-order valence-electron chi connectivity index (χ0n) is 17.6. The van der Waals surface area contributed by atoms with Crippen LogP contribution in [0.5, 0.6) is 0 Å². The van der Waals surface area contributed by atoms with E-state index in [9.17, 15) is 10.4 Å².